The van der Waals surface area contributed by atoms with Crippen LogP contribution in [0.5, 0.6) is 5.75 Å². The first-order valence-electron chi connectivity index (χ1n) is 6.90. The van der Waals surface area contributed by atoms with Crippen LogP contribution in [0.15, 0.2) is 42.5 Å². The molecule has 0 bridgehead atoms. The van der Waals surface area contributed by atoms with E-state index in [2.05, 4.69) is 40.2 Å². The van der Waals surface area contributed by atoms with Gasteiger partial charge in [0.2, 0.25) is 0 Å². The third kappa shape index (κ3) is 1.74. The topological polar surface area (TPSA) is 26.3 Å². The van der Waals surface area contributed by atoms with E-state index in [1.54, 1.807) is 7.11 Å². The molecule has 1 unspecified atom stereocenters. The average molecular weight is 341 g/mol. The Labute approximate surface area is 130 Å². The van der Waals surface area contributed by atoms with Gasteiger partial charge in [-0.2, -0.15) is 0 Å². The second kappa shape index (κ2) is 4.57. The van der Waals surface area contributed by atoms with Gasteiger partial charge < -0.3 is 4.74 Å². The first kappa shape index (κ1) is 12.8. The standard InChI is InChI=1S/C18H13BrO2/c1-21-16-9-14-13(8-15(19)18(14)20)12-7-6-10-4-2-3-5-11(10)17(12)16/h2-7,9,15H,8H2,1H3. The molecule has 0 aromatic heterocycles. The van der Waals surface area contributed by atoms with Gasteiger partial charge in [0.1, 0.15) is 5.75 Å². The minimum Gasteiger partial charge on any atom is -0.496 e. The minimum absolute atomic E-state index is 0.116. The van der Waals surface area contributed by atoms with Gasteiger partial charge in [-0.05, 0) is 34.2 Å². The fourth-order valence-corrected chi connectivity index (χ4v) is 3.84. The number of benzene rings is 3. The zero-order chi connectivity index (χ0) is 14.6. The summed E-state index contributed by atoms with van der Waals surface area (Å²) in [6.45, 7) is 0. The number of Topliss-reactive ketones (excluding diaryl/α,β-unsaturated/α-hetero) is 1. The number of carbonyl (C=O) groups is 1. The number of halogens is 1. The number of alkyl halides is 1. The van der Waals surface area contributed by atoms with Crippen LogP contribution >= 0.6 is 15.9 Å². The highest BCUT2D eigenvalue weighted by molar-refractivity contribution is 9.10. The summed E-state index contributed by atoms with van der Waals surface area (Å²) >= 11 is 3.48. The maximum Gasteiger partial charge on any atom is 0.177 e. The largest absolute Gasteiger partial charge is 0.496 e. The Kier molecular flexibility index (Phi) is 2.79. The smallest absolute Gasteiger partial charge is 0.177 e. The lowest BCUT2D eigenvalue weighted by molar-refractivity contribution is 0.100. The Morgan fingerprint density at radius 2 is 1.95 bits per heavy atom. The van der Waals surface area contributed by atoms with E-state index in [0.29, 0.717) is 0 Å². The summed E-state index contributed by atoms with van der Waals surface area (Å²) in [5.74, 6) is 0.925. The highest BCUT2D eigenvalue weighted by Gasteiger charge is 2.31. The first-order valence-corrected chi connectivity index (χ1v) is 7.82. The van der Waals surface area contributed by atoms with E-state index in [0.717, 1.165) is 34.1 Å². The molecule has 21 heavy (non-hydrogen) atoms. The van der Waals surface area contributed by atoms with Crippen LogP contribution in [0.3, 0.4) is 0 Å². The van der Waals surface area contributed by atoms with Gasteiger partial charge in [-0.1, -0.05) is 52.3 Å². The van der Waals surface area contributed by atoms with E-state index in [9.17, 15) is 4.79 Å². The highest BCUT2D eigenvalue weighted by Crippen LogP contribution is 2.41. The quantitative estimate of drug-likeness (QED) is 0.481. The Balaban J connectivity index is 2.21. The molecule has 0 spiro atoms. The van der Waals surface area contributed by atoms with E-state index in [1.165, 1.54) is 10.8 Å². The molecular formula is C18H13BrO2. The monoisotopic (exact) mass is 340 g/mol. The van der Waals surface area contributed by atoms with Crippen molar-refractivity contribution in [2.45, 2.75) is 11.2 Å². The molecule has 1 atom stereocenters. The lowest BCUT2D eigenvalue weighted by atomic mass is 9.95. The van der Waals surface area contributed by atoms with Crippen LogP contribution in [-0.4, -0.2) is 17.7 Å². The number of carbonyl (C=O) groups excluding carboxylic acids is 1. The van der Waals surface area contributed by atoms with E-state index in [4.69, 9.17) is 4.74 Å². The summed E-state index contributed by atoms with van der Waals surface area (Å²) in [5, 5.41) is 4.57. The molecule has 3 aromatic carbocycles. The molecule has 0 radical (unpaired) electrons. The van der Waals surface area contributed by atoms with Gasteiger partial charge in [-0.15, -0.1) is 0 Å². The number of ether oxygens (including phenoxy) is 1. The van der Waals surface area contributed by atoms with Crippen LogP contribution in [0.2, 0.25) is 0 Å². The van der Waals surface area contributed by atoms with Gasteiger partial charge in [-0.3, -0.25) is 4.79 Å². The van der Waals surface area contributed by atoms with Crippen molar-refractivity contribution in [3.05, 3.63) is 53.6 Å². The normalized spacial score (nSPS) is 17.4. The molecule has 1 aliphatic carbocycles. The van der Waals surface area contributed by atoms with Crippen molar-refractivity contribution >= 4 is 43.3 Å². The highest BCUT2D eigenvalue weighted by atomic mass is 79.9. The summed E-state index contributed by atoms with van der Waals surface area (Å²) in [6, 6.07) is 14.4. The Hall–Kier alpha value is -1.87. The second-order valence-corrected chi connectivity index (χ2v) is 6.46. The van der Waals surface area contributed by atoms with Crippen molar-refractivity contribution in [1.29, 1.82) is 0 Å². The molecule has 0 amide bonds. The van der Waals surface area contributed by atoms with E-state index in [1.807, 2.05) is 18.2 Å². The van der Waals surface area contributed by atoms with Crippen LogP contribution in [0, 0.1) is 0 Å². The lowest BCUT2D eigenvalue weighted by Gasteiger charge is -2.12. The fraction of sp³-hybridized carbons (Fsp3) is 0.167. The molecule has 0 fully saturated rings. The fourth-order valence-electron chi connectivity index (χ4n) is 3.27. The van der Waals surface area contributed by atoms with Crippen molar-refractivity contribution in [2.75, 3.05) is 7.11 Å². The number of fused-ring (bicyclic) bond motifs is 5. The molecule has 3 heteroatoms. The van der Waals surface area contributed by atoms with Crippen molar-refractivity contribution in [3.63, 3.8) is 0 Å². The Bertz CT molecular complexity index is 898. The van der Waals surface area contributed by atoms with Gasteiger partial charge >= 0.3 is 0 Å². The number of hydrogen-bond donors (Lipinski definition) is 0. The van der Waals surface area contributed by atoms with Crippen LogP contribution in [0.4, 0.5) is 0 Å². The molecule has 0 aliphatic heterocycles. The predicted octanol–water partition coefficient (Wildman–Crippen LogP) is 4.50. The Morgan fingerprint density at radius 3 is 2.76 bits per heavy atom. The molecule has 0 saturated carbocycles. The molecule has 104 valence electrons. The molecule has 2 nitrogen and oxygen atoms in total. The maximum absolute atomic E-state index is 12.3. The predicted molar refractivity (Wildman–Crippen MR) is 88.8 cm³/mol. The van der Waals surface area contributed by atoms with Crippen LogP contribution in [0.1, 0.15) is 15.9 Å². The first-order chi connectivity index (χ1) is 10.2. The number of rotatable bonds is 1. The van der Waals surface area contributed by atoms with E-state index >= 15 is 0 Å². The molecule has 0 N–H and O–H groups in total. The summed E-state index contributed by atoms with van der Waals surface area (Å²) in [4.78, 5) is 12.2. The third-order valence-electron chi connectivity index (χ3n) is 4.25. The van der Waals surface area contributed by atoms with Crippen molar-refractivity contribution in [1.82, 2.24) is 0 Å². The number of ketones is 1. The van der Waals surface area contributed by atoms with Crippen molar-refractivity contribution in [3.8, 4) is 5.75 Å². The van der Waals surface area contributed by atoms with Crippen molar-refractivity contribution in [2.24, 2.45) is 0 Å². The number of methoxy groups -OCH3 is 1. The average Bonchev–Trinajstić information content (AvgIpc) is 2.81. The van der Waals surface area contributed by atoms with Crippen LogP contribution < -0.4 is 4.74 Å². The number of hydrogen-bond acceptors (Lipinski definition) is 2. The third-order valence-corrected chi connectivity index (χ3v) is 4.99. The zero-order valence-corrected chi connectivity index (χ0v) is 13.1. The Morgan fingerprint density at radius 1 is 1.14 bits per heavy atom. The van der Waals surface area contributed by atoms with Gasteiger partial charge in [0.05, 0.1) is 11.9 Å². The van der Waals surface area contributed by atoms with Crippen LogP contribution in [0.25, 0.3) is 21.5 Å². The van der Waals surface area contributed by atoms with Gasteiger partial charge in [0.25, 0.3) is 0 Å². The zero-order valence-electron chi connectivity index (χ0n) is 11.5. The minimum atomic E-state index is -0.116. The molecule has 3 aromatic rings. The second-order valence-electron chi connectivity index (χ2n) is 5.35. The van der Waals surface area contributed by atoms with Crippen LogP contribution in [-0.2, 0) is 6.42 Å². The van der Waals surface area contributed by atoms with Gasteiger partial charge in [0, 0.05) is 10.9 Å². The maximum atomic E-state index is 12.3. The van der Waals surface area contributed by atoms with Gasteiger partial charge in [0.15, 0.2) is 5.78 Å². The molecule has 4 rings (SSSR count). The summed E-state index contributed by atoms with van der Waals surface area (Å²) in [7, 11) is 1.66. The lowest BCUT2D eigenvalue weighted by Crippen LogP contribution is -2.06. The molecule has 1 aliphatic rings. The van der Waals surface area contributed by atoms with Crippen molar-refractivity contribution < 1.29 is 9.53 Å². The molecular weight excluding hydrogens is 328 g/mol. The SMILES string of the molecule is COc1cc2c(c3ccc4ccccc4c13)CC(Br)C2=O. The summed E-state index contributed by atoms with van der Waals surface area (Å²) in [6.07, 6.45) is 0.743. The van der Waals surface area contributed by atoms with E-state index < -0.39 is 0 Å². The van der Waals surface area contributed by atoms with E-state index in [-0.39, 0.29) is 10.6 Å². The summed E-state index contributed by atoms with van der Waals surface area (Å²) in [5.41, 5.74) is 1.92. The molecule has 0 saturated heterocycles. The summed E-state index contributed by atoms with van der Waals surface area (Å²) < 4.78 is 5.58. The van der Waals surface area contributed by atoms with Gasteiger partial charge in [-0.25, -0.2) is 0 Å². The molecule has 0 heterocycles.